The Morgan fingerprint density at radius 1 is 1.22 bits per heavy atom. The molecular weight excluding hydrogens is 339 g/mol. The first kappa shape index (κ1) is 17.8. The minimum absolute atomic E-state index is 0.00151. The molecule has 0 radical (unpaired) electrons. The number of sulfonamides is 1. The van der Waals surface area contributed by atoms with E-state index in [1.807, 2.05) is 25.1 Å². The Morgan fingerprint density at radius 2 is 2.00 bits per heavy atom. The Balaban J connectivity index is 2.22. The van der Waals surface area contributed by atoms with Gasteiger partial charge in [-0.1, -0.05) is 24.6 Å². The van der Waals surface area contributed by atoms with Gasteiger partial charge in [0, 0.05) is 31.4 Å². The van der Waals surface area contributed by atoms with Gasteiger partial charge < -0.3 is 0 Å². The number of pyridine rings is 1. The Bertz CT molecular complexity index is 754. The lowest BCUT2D eigenvalue weighted by Gasteiger charge is -2.21. The van der Waals surface area contributed by atoms with Gasteiger partial charge in [-0.25, -0.2) is 12.8 Å². The van der Waals surface area contributed by atoms with Crippen molar-refractivity contribution in [1.82, 2.24) is 9.29 Å². The van der Waals surface area contributed by atoms with Crippen LogP contribution in [-0.4, -0.2) is 30.8 Å². The van der Waals surface area contributed by atoms with Crippen LogP contribution in [0.1, 0.15) is 19.0 Å². The zero-order valence-corrected chi connectivity index (χ0v) is 14.3. The van der Waals surface area contributed by atoms with Crippen LogP contribution in [0.15, 0.2) is 47.5 Å². The van der Waals surface area contributed by atoms with E-state index in [1.165, 1.54) is 10.4 Å². The second-order valence-electron chi connectivity index (χ2n) is 5.05. The van der Waals surface area contributed by atoms with Crippen LogP contribution in [0.3, 0.4) is 0 Å². The summed E-state index contributed by atoms with van der Waals surface area (Å²) in [4.78, 5) is 4.20. The fraction of sp³-hybridized carbons (Fsp3) is 0.312. The van der Waals surface area contributed by atoms with E-state index in [0.29, 0.717) is 25.9 Å². The molecule has 0 N–H and O–H groups in total. The lowest BCUT2D eigenvalue weighted by atomic mass is 10.3. The molecule has 0 saturated carbocycles. The van der Waals surface area contributed by atoms with Gasteiger partial charge in [0.15, 0.2) is 0 Å². The molecule has 7 heteroatoms. The fourth-order valence-corrected chi connectivity index (χ4v) is 3.98. The molecule has 0 aliphatic carbocycles. The molecule has 1 aromatic heterocycles. The summed E-state index contributed by atoms with van der Waals surface area (Å²) < 4.78 is 40.1. The summed E-state index contributed by atoms with van der Waals surface area (Å²) in [6, 6.07) is 8.98. The van der Waals surface area contributed by atoms with Crippen molar-refractivity contribution in [3.05, 3.63) is 59.1 Å². The first-order valence-corrected chi connectivity index (χ1v) is 9.12. The van der Waals surface area contributed by atoms with Crippen LogP contribution < -0.4 is 0 Å². The number of aromatic nitrogens is 1. The molecule has 23 heavy (non-hydrogen) atoms. The molecule has 124 valence electrons. The number of hydrogen-bond donors (Lipinski definition) is 0. The van der Waals surface area contributed by atoms with E-state index < -0.39 is 15.8 Å². The summed E-state index contributed by atoms with van der Waals surface area (Å²) in [5.74, 6) is -0.638. The Morgan fingerprint density at radius 3 is 2.61 bits per heavy atom. The van der Waals surface area contributed by atoms with Crippen molar-refractivity contribution in [2.45, 2.75) is 24.7 Å². The Hall–Kier alpha value is -1.50. The van der Waals surface area contributed by atoms with Crippen LogP contribution in [0.2, 0.25) is 5.02 Å². The van der Waals surface area contributed by atoms with E-state index in [1.54, 1.807) is 6.20 Å². The number of rotatable bonds is 7. The number of halogens is 2. The van der Waals surface area contributed by atoms with Crippen molar-refractivity contribution in [3.63, 3.8) is 0 Å². The molecule has 0 aliphatic rings. The van der Waals surface area contributed by atoms with Crippen LogP contribution in [0, 0.1) is 5.82 Å². The Labute approximate surface area is 141 Å². The van der Waals surface area contributed by atoms with Crippen molar-refractivity contribution >= 4 is 21.6 Å². The average molecular weight is 357 g/mol. The van der Waals surface area contributed by atoms with Crippen LogP contribution >= 0.6 is 11.6 Å². The van der Waals surface area contributed by atoms with Crippen LogP contribution in [0.4, 0.5) is 4.39 Å². The first-order chi connectivity index (χ1) is 10.9. The van der Waals surface area contributed by atoms with Gasteiger partial charge in [0.2, 0.25) is 10.0 Å². The van der Waals surface area contributed by atoms with Crippen molar-refractivity contribution in [1.29, 1.82) is 0 Å². The SMILES string of the molecule is CCCN(CCc1ccccn1)S(=O)(=O)c1ccc(F)c(Cl)c1. The minimum Gasteiger partial charge on any atom is -0.261 e. The average Bonchev–Trinajstić information content (AvgIpc) is 2.54. The molecule has 1 heterocycles. The normalized spacial score (nSPS) is 11.8. The van der Waals surface area contributed by atoms with E-state index in [9.17, 15) is 12.8 Å². The summed E-state index contributed by atoms with van der Waals surface area (Å²) in [7, 11) is -3.72. The zero-order chi connectivity index (χ0) is 16.9. The van der Waals surface area contributed by atoms with Crippen molar-refractivity contribution in [2.24, 2.45) is 0 Å². The topological polar surface area (TPSA) is 50.3 Å². The van der Waals surface area contributed by atoms with Gasteiger partial charge in [0.1, 0.15) is 5.82 Å². The third-order valence-corrected chi connectivity index (χ3v) is 5.53. The van der Waals surface area contributed by atoms with E-state index in [-0.39, 0.29) is 9.92 Å². The van der Waals surface area contributed by atoms with E-state index >= 15 is 0 Å². The molecule has 0 atom stereocenters. The van der Waals surface area contributed by atoms with Gasteiger partial charge in [-0.3, -0.25) is 4.98 Å². The van der Waals surface area contributed by atoms with Crippen molar-refractivity contribution < 1.29 is 12.8 Å². The molecule has 0 fully saturated rings. The summed E-state index contributed by atoms with van der Waals surface area (Å²) in [5.41, 5.74) is 0.820. The quantitative estimate of drug-likeness (QED) is 0.762. The standard InChI is InChI=1S/C16H18ClFN2O2S/c1-2-10-20(11-8-13-5-3-4-9-19-13)23(21,22)14-6-7-16(18)15(17)12-14/h3-7,9,12H,2,8,10-11H2,1H3. The van der Waals surface area contributed by atoms with E-state index in [4.69, 9.17) is 11.6 Å². The molecule has 0 aliphatic heterocycles. The number of benzene rings is 1. The Kier molecular flexibility index (Phi) is 6.10. The highest BCUT2D eigenvalue weighted by atomic mass is 35.5. The molecule has 1 aromatic carbocycles. The lowest BCUT2D eigenvalue weighted by Crippen LogP contribution is -2.33. The summed E-state index contributed by atoms with van der Waals surface area (Å²) in [6.45, 7) is 2.59. The predicted octanol–water partition coefficient (Wildman–Crippen LogP) is 3.52. The molecule has 0 saturated heterocycles. The molecule has 2 rings (SSSR count). The smallest absolute Gasteiger partial charge is 0.243 e. The summed E-state index contributed by atoms with van der Waals surface area (Å²) in [6.07, 6.45) is 2.86. The molecule has 0 unspecified atom stereocenters. The fourth-order valence-electron chi connectivity index (χ4n) is 2.17. The van der Waals surface area contributed by atoms with E-state index in [0.717, 1.165) is 17.8 Å². The maximum atomic E-state index is 13.3. The zero-order valence-electron chi connectivity index (χ0n) is 12.7. The maximum absolute atomic E-state index is 13.3. The van der Waals surface area contributed by atoms with Crippen LogP contribution in [0.5, 0.6) is 0 Å². The molecule has 2 aromatic rings. The third-order valence-electron chi connectivity index (χ3n) is 3.35. The summed E-state index contributed by atoms with van der Waals surface area (Å²) >= 11 is 5.71. The van der Waals surface area contributed by atoms with Gasteiger partial charge in [0.25, 0.3) is 0 Å². The maximum Gasteiger partial charge on any atom is 0.243 e. The highest BCUT2D eigenvalue weighted by Crippen LogP contribution is 2.22. The largest absolute Gasteiger partial charge is 0.261 e. The van der Waals surface area contributed by atoms with Crippen LogP contribution in [-0.2, 0) is 16.4 Å². The van der Waals surface area contributed by atoms with Crippen molar-refractivity contribution in [2.75, 3.05) is 13.1 Å². The van der Waals surface area contributed by atoms with Gasteiger partial charge in [0.05, 0.1) is 9.92 Å². The van der Waals surface area contributed by atoms with Gasteiger partial charge in [-0.05, 0) is 36.8 Å². The lowest BCUT2D eigenvalue weighted by molar-refractivity contribution is 0.412. The number of hydrogen-bond acceptors (Lipinski definition) is 3. The molecule has 0 bridgehead atoms. The highest BCUT2D eigenvalue weighted by molar-refractivity contribution is 7.89. The van der Waals surface area contributed by atoms with Gasteiger partial charge in [-0.2, -0.15) is 4.31 Å². The highest BCUT2D eigenvalue weighted by Gasteiger charge is 2.24. The molecule has 4 nitrogen and oxygen atoms in total. The first-order valence-electron chi connectivity index (χ1n) is 7.30. The third kappa shape index (κ3) is 4.50. The predicted molar refractivity (Wildman–Crippen MR) is 88.4 cm³/mol. The van der Waals surface area contributed by atoms with E-state index in [2.05, 4.69) is 4.98 Å². The van der Waals surface area contributed by atoms with Crippen LogP contribution in [0.25, 0.3) is 0 Å². The minimum atomic E-state index is -3.72. The summed E-state index contributed by atoms with van der Waals surface area (Å²) in [5, 5.41) is -0.202. The van der Waals surface area contributed by atoms with Gasteiger partial charge in [-0.15, -0.1) is 0 Å². The molecule has 0 spiro atoms. The molecule has 0 amide bonds. The second kappa shape index (κ2) is 7.86. The number of nitrogens with zero attached hydrogens (tertiary/aromatic N) is 2. The van der Waals surface area contributed by atoms with Crippen molar-refractivity contribution in [3.8, 4) is 0 Å². The second-order valence-corrected chi connectivity index (χ2v) is 7.40. The monoisotopic (exact) mass is 356 g/mol. The van der Waals surface area contributed by atoms with Gasteiger partial charge >= 0.3 is 0 Å². The molecular formula is C16H18ClFN2O2S.